The van der Waals surface area contributed by atoms with E-state index >= 15 is 0 Å². The van der Waals surface area contributed by atoms with Crippen molar-refractivity contribution < 1.29 is 13.2 Å². The topological polar surface area (TPSA) is 58.6 Å². The quantitative estimate of drug-likeness (QED) is 0.870. The van der Waals surface area contributed by atoms with Gasteiger partial charge in [-0.05, 0) is 64.4 Å². The van der Waals surface area contributed by atoms with Gasteiger partial charge in [0.05, 0.1) is 11.0 Å². The normalized spacial score (nSPS) is 19.8. The molecule has 0 spiro atoms. The van der Waals surface area contributed by atoms with E-state index in [9.17, 15) is 8.42 Å². The van der Waals surface area contributed by atoms with E-state index in [1.165, 1.54) is 0 Å². The molecule has 1 fully saturated rings. The molecule has 1 aromatic carbocycles. The molecule has 1 N–H and O–H groups in total. The minimum absolute atomic E-state index is 0.0434. The van der Waals surface area contributed by atoms with Gasteiger partial charge in [-0.2, -0.15) is 4.31 Å². The molecule has 0 aromatic heterocycles. The van der Waals surface area contributed by atoms with Gasteiger partial charge in [0.25, 0.3) is 0 Å². The summed E-state index contributed by atoms with van der Waals surface area (Å²) in [4.78, 5) is 0.351. The molecule has 124 valence electrons. The molecule has 1 heterocycles. The first-order valence-electron chi connectivity index (χ1n) is 7.80. The van der Waals surface area contributed by atoms with Crippen LogP contribution in [0.5, 0.6) is 5.75 Å². The number of sulfonamides is 1. The van der Waals surface area contributed by atoms with Crippen LogP contribution in [0.2, 0.25) is 0 Å². The van der Waals surface area contributed by atoms with Gasteiger partial charge in [-0.25, -0.2) is 8.42 Å². The predicted molar refractivity (Wildman–Crippen MR) is 87.8 cm³/mol. The second-order valence-corrected chi connectivity index (χ2v) is 7.95. The van der Waals surface area contributed by atoms with E-state index in [4.69, 9.17) is 4.74 Å². The maximum Gasteiger partial charge on any atom is 0.243 e. The van der Waals surface area contributed by atoms with E-state index in [0.29, 0.717) is 18.0 Å². The van der Waals surface area contributed by atoms with Crippen LogP contribution in [0.4, 0.5) is 0 Å². The summed E-state index contributed by atoms with van der Waals surface area (Å²) in [5.74, 6) is 0.738. The van der Waals surface area contributed by atoms with E-state index in [1.807, 2.05) is 27.8 Å². The average molecular weight is 326 g/mol. The van der Waals surface area contributed by atoms with E-state index in [-0.39, 0.29) is 12.1 Å². The summed E-state index contributed by atoms with van der Waals surface area (Å²) in [5, 5.41) is 3.08. The van der Waals surface area contributed by atoms with Gasteiger partial charge in [0, 0.05) is 19.1 Å². The Morgan fingerprint density at radius 2 is 2.14 bits per heavy atom. The molecular weight excluding hydrogens is 300 g/mol. The number of likely N-dealkylation sites (N-methyl/N-ethyl adjacent to an activating group) is 1. The van der Waals surface area contributed by atoms with Crippen molar-refractivity contribution in [2.75, 3.05) is 20.1 Å². The summed E-state index contributed by atoms with van der Waals surface area (Å²) < 4.78 is 33.0. The van der Waals surface area contributed by atoms with Gasteiger partial charge in [-0.1, -0.05) is 0 Å². The maximum absolute atomic E-state index is 12.9. The Labute approximate surface area is 133 Å². The summed E-state index contributed by atoms with van der Waals surface area (Å²) in [6.07, 6.45) is 1.90. The van der Waals surface area contributed by atoms with Crippen molar-refractivity contribution in [3.05, 3.63) is 23.8 Å². The minimum atomic E-state index is -3.44. The molecule has 1 aliphatic rings. The van der Waals surface area contributed by atoms with E-state index in [1.54, 1.807) is 22.5 Å². The second-order valence-electron chi connectivity index (χ2n) is 6.06. The lowest BCUT2D eigenvalue weighted by molar-refractivity contribution is 0.240. The Morgan fingerprint density at radius 1 is 1.41 bits per heavy atom. The highest BCUT2D eigenvalue weighted by Gasteiger charge is 2.34. The number of nitrogens with one attached hydrogen (secondary N) is 1. The van der Waals surface area contributed by atoms with Crippen LogP contribution >= 0.6 is 0 Å². The number of ether oxygens (including phenoxy) is 1. The SMILES string of the molecule is CNCC1CCCN1S(=O)(=O)c1ccc(OC(C)C)c(C)c1. The van der Waals surface area contributed by atoms with Crippen molar-refractivity contribution in [2.24, 2.45) is 0 Å². The lowest BCUT2D eigenvalue weighted by Crippen LogP contribution is -2.40. The zero-order valence-electron chi connectivity index (χ0n) is 13.8. The van der Waals surface area contributed by atoms with E-state index in [0.717, 1.165) is 24.2 Å². The van der Waals surface area contributed by atoms with Crippen LogP contribution in [-0.4, -0.2) is 45.0 Å². The van der Waals surface area contributed by atoms with Gasteiger partial charge in [0.15, 0.2) is 0 Å². The van der Waals surface area contributed by atoms with Crippen LogP contribution in [0.15, 0.2) is 23.1 Å². The number of nitrogens with zero attached hydrogens (tertiary/aromatic N) is 1. The number of rotatable bonds is 6. The highest BCUT2D eigenvalue weighted by atomic mass is 32.2. The molecule has 0 bridgehead atoms. The Balaban J connectivity index is 2.28. The van der Waals surface area contributed by atoms with Gasteiger partial charge in [0.2, 0.25) is 10.0 Å². The molecule has 1 aliphatic heterocycles. The van der Waals surface area contributed by atoms with Crippen LogP contribution in [-0.2, 0) is 10.0 Å². The highest BCUT2D eigenvalue weighted by Crippen LogP contribution is 2.29. The summed E-state index contributed by atoms with van der Waals surface area (Å²) in [6.45, 7) is 7.07. The molecule has 1 aromatic rings. The molecule has 6 heteroatoms. The van der Waals surface area contributed by atoms with E-state index in [2.05, 4.69) is 5.32 Å². The van der Waals surface area contributed by atoms with Crippen LogP contribution < -0.4 is 10.1 Å². The Hall–Kier alpha value is -1.11. The third-order valence-electron chi connectivity index (χ3n) is 3.88. The Kier molecular flexibility index (Phi) is 5.47. The second kappa shape index (κ2) is 6.98. The first-order valence-corrected chi connectivity index (χ1v) is 9.24. The summed E-state index contributed by atoms with van der Waals surface area (Å²) in [5.41, 5.74) is 0.846. The number of aryl methyl sites for hydroxylation is 1. The fourth-order valence-corrected chi connectivity index (χ4v) is 4.65. The molecule has 0 amide bonds. The molecule has 0 saturated carbocycles. The number of hydrogen-bond acceptors (Lipinski definition) is 4. The van der Waals surface area contributed by atoms with Crippen LogP contribution in [0, 0.1) is 6.92 Å². The average Bonchev–Trinajstić information content (AvgIpc) is 2.90. The molecule has 0 radical (unpaired) electrons. The molecule has 22 heavy (non-hydrogen) atoms. The molecule has 0 aliphatic carbocycles. The van der Waals surface area contributed by atoms with Crippen molar-refractivity contribution in [2.45, 2.75) is 50.7 Å². The van der Waals surface area contributed by atoms with Gasteiger partial charge in [-0.15, -0.1) is 0 Å². The van der Waals surface area contributed by atoms with E-state index < -0.39 is 10.0 Å². The monoisotopic (exact) mass is 326 g/mol. The lowest BCUT2D eigenvalue weighted by atomic mass is 10.2. The first kappa shape index (κ1) is 17.2. The molecule has 2 rings (SSSR count). The van der Waals surface area contributed by atoms with Gasteiger partial charge in [0.1, 0.15) is 5.75 Å². The van der Waals surface area contributed by atoms with Gasteiger partial charge < -0.3 is 10.1 Å². The molecule has 5 nitrogen and oxygen atoms in total. The Morgan fingerprint density at radius 3 is 2.73 bits per heavy atom. The third-order valence-corrected chi connectivity index (χ3v) is 5.83. The molecular formula is C16H26N2O3S. The van der Waals surface area contributed by atoms with Crippen molar-refractivity contribution in [3.8, 4) is 5.75 Å². The largest absolute Gasteiger partial charge is 0.491 e. The first-order chi connectivity index (χ1) is 10.4. The zero-order valence-corrected chi connectivity index (χ0v) is 14.6. The van der Waals surface area contributed by atoms with Gasteiger partial charge in [-0.3, -0.25) is 0 Å². The standard InChI is InChI=1S/C16H26N2O3S/c1-12(2)21-16-8-7-15(10-13(16)3)22(19,20)18-9-5-6-14(18)11-17-4/h7-8,10,12,14,17H,5-6,9,11H2,1-4H3. The van der Waals surface area contributed by atoms with Crippen molar-refractivity contribution in [1.29, 1.82) is 0 Å². The minimum Gasteiger partial charge on any atom is -0.491 e. The van der Waals surface area contributed by atoms with Crippen LogP contribution in [0.25, 0.3) is 0 Å². The lowest BCUT2D eigenvalue weighted by Gasteiger charge is -2.24. The third kappa shape index (κ3) is 3.62. The van der Waals surface area contributed by atoms with Crippen LogP contribution in [0.3, 0.4) is 0 Å². The van der Waals surface area contributed by atoms with Crippen LogP contribution in [0.1, 0.15) is 32.3 Å². The Bertz CT molecular complexity index is 614. The summed E-state index contributed by atoms with van der Waals surface area (Å²) >= 11 is 0. The van der Waals surface area contributed by atoms with Crippen molar-refractivity contribution >= 4 is 10.0 Å². The van der Waals surface area contributed by atoms with Crippen molar-refractivity contribution in [1.82, 2.24) is 9.62 Å². The fourth-order valence-electron chi connectivity index (χ4n) is 2.87. The molecule has 1 atom stereocenters. The zero-order chi connectivity index (χ0) is 16.3. The summed E-state index contributed by atoms with van der Waals surface area (Å²) in [6, 6.07) is 5.16. The number of benzene rings is 1. The molecule has 1 saturated heterocycles. The maximum atomic E-state index is 12.9. The number of hydrogen-bond donors (Lipinski definition) is 1. The molecule has 1 unspecified atom stereocenters. The van der Waals surface area contributed by atoms with Crippen molar-refractivity contribution in [3.63, 3.8) is 0 Å². The smallest absolute Gasteiger partial charge is 0.243 e. The predicted octanol–water partition coefficient (Wildman–Crippen LogP) is 2.15. The van der Waals surface area contributed by atoms with Gasteiger partial charge >= 0.3 is 0 Å². The summed E-state index contributed by atoms with van der Waals surface area (Å²) in [7, 11) is -1.59. The fraction of sp³-hybridized carbons (Fsp3) is 0.625. The highest BCUT2D eigenvalue weighted by molar-refractivity contribution is 7.89.